The number of likely N-dealkylation sites (N-methyl/N-ethyl adjacent to an activating group) is 1. The molecule has 0 spiro atoms. The standard InChI is InChI=1S/C20H14ClF2N5O3/c1-28-18-15(3-2-6-24-18)31-9-14(20(28)30)26-19(29)17-25-8-12(21)16(27-17)11-5-4-10(22)7-13(11)23/h2-8,14H,9H2,1H3,(H,26,29)/t14-/m0/s1. The highest BCUT2D eigenvalue weighted by molar-refractivity contribution is 6.33. The van der Waals surface area contributed by atoms with E-state index in [1.807, 2.05) is 0 Å². The largest absolute Gasteiger partial charge is 0.487 e. The quantitative estimate of drug-likeness (QED) is 0.665. The van der Waals surface area contributed by atoms with Gasteiger partial charge >= 0.3 is 0 Å². The average Bonchev–Trinajstić information content (AvgIpc) is 2.87. The van der Waals surface area contributed by atoms with E-state index in [1.165, 1.54) is 18.1 Å². The van der Waals surface area contributed by atoms with Crippen molar-refractivity contribution in [2.45, 2.75) is 6.04 Å². The molecule has 158 valence electrons. The minimum Gasteiger partial charge on any atom is -0.487 e. The first-order chi connectivity index (χ1) is 14.8. The van der Waals surface area contributed by atoms with Crippen molar-refractivity contribution in [3.8, 4) is 17.0 Å². The van der Waals surface area contributed by atoms with Gasteiger partial charge in [0.05, 0.1) is 16.9 Å². The number of rotatable bonds is 3. The number of fused-ring (bicyclic) bond motifs is 1. The van der Waals surface area contributed by atoms with Gasteiger partial charge in [-0.1, -0.05) is 11.6 Å². The Morgan fingerprint density at radius 1 is 1.29 bits per heavy atom. The number of benzene rings is 1. The Bertz CT molecular complexity index is 1190. The molecule has 8 nitrogen and oxygen atoms in total. The van der Waals surface area contributed by atoms with Crippen molar-refractivity contribution >= 4 is 29.2 Å². The maximum Gasteiger partial charge on any atom is 0.289 e. The number of anilines is 1. The zero-order chi connectivity index (χ0) is 22.1. The minimum absolute atomic E-state index is 0.0304. The van der Waals surface area contributed by atoms with Crippen LogP contribution in [-0.2, 0) is 4.79 Å². The SMILES string of the molecule is CN1C(=O)[C@@H](NC(=O)c2ncc(Cl)c(-c3ccc(F)cc3F)n2)COc2cccnc21. The molecule has 1 aliphatic heterocycles. The second-order valence-corrected chi connectivity index (χ2v) is 6.98. The summed E-state index contributed by atoms with van der Waals surface area (Å²) in [5, 5.41) is 2.48. The molecule has 1 aromatic carbocycles. The normalized spacial score (nSPS) is 15.7. The fourth-order valence-corrected chi connectivity index (χ4v) is 3.20. The molecule has 0 radical (unpaired) electrons. The topological polar surface area (TPSA) is 97.3 Å². The lowest BCUT2D eigenvalue weighted by Crippen LogP contribution is -2.49. The van der Waals surface area contributed by atoms with Crippen LogP contribution >= 0.6 is 11.6 Å². The van der Waals surface area contributed by atoms with Gasteiger partial charge in [0.15, 0.2) is 11.6 Å². The fourth-order valence-electron chi connectivity index (χ4n) is 3.00. The van der Waals surface area contributed by atoms with E-state index in [0.717, 1.165) is 18.3 Å². The molecular weight excluding hydrogens is 432 g/mol. The third-order valence-corrected chi connectivity index (χ3v) is 4.82. The van der Waals surface area contributed by atoms with E-state index < -0.39 is 29.5 Å². The highest BCUT2D eigenvalue weighted by Crippen LogP contribution is 2.29. The van der Waals surface area contributed by atoms with Crippen LogP contribution in [0.2, 0.25) is 5.02 Å². The van der Waals surface area contributed by atoms with Gasteiger partial charge in [-0.25, -0.2) is 23.7 Å². The Hall–Kier alpha value is -3.66. The Labute approximate surface area is 179 Å². The number of halogens is 3. The van der Waals surface area contributed by atoms with Gasteiger partial charge in [-0.05, 0) is 24.3 Å². The summed E-state index contributed by atoms with van der Waals surface area (Å²) in [4.78, 5) is 38.7. The molecule has 0 fully saturated rings. The van der Waals surface area contributed by atoms with Crippen LogP contribution in [0, 0.1) is 11.6 Å². The number of carbonyl (C=O) groups is 2. The highest BCUT2D eigenvalue weighted by Gasteiger charge is 2.32. The number of ether oxygens (including phenoxy) is 1. The van der Waals surface area contributed by atoms with Gasteiger partial charge in [0.25, 0.3) is 11.8 Å². The van der Waals surface area contributed by atoms with Gasteiger partial charge in [0.2, 0.25) is 5.82 Å². The maximum atomic E-state index is 14.2. The number of aromatic nitrogens is 3. The Balaban J connectivity index is 1.59. The lowest BCUT2D eigenvalue weighted by atomic mass is 10.1. The van der Waals surface area contributed by atoms with Crippen LogP contribution in [0.3, 0.4) is 0 Å². The zero-order valence-electron chi connectivity index (χ0n) is 16.0. The molecule has 0 aliphatic carbocycles. The third-order valence-electron chi connectivity index (χ3n) is 4.54. The molecule has 3 aromatic rings. The van der Waals surface area contributed by atoms with Gasteiger partial charge in [-0.3, -0.25) is 14.5 Å². The Morgan fingerprint density at radius 2 is 2.10 bits per heavy atom. The molecular formula is C20H14ClF2N5O3. The van der Waals surface area contributed by atoms with Crippen LogP contribution in [0.4, 0.5) is 14.6 Å². The van der Waals surface area contributed by atoms with Crippen LogP contribution in [0.5, 0.6) is 5.75 Å². The number of carbonyl (C=O) groups excluding carboxylic acids is 2. The summed E-state index contributed by atoms with van der Waals surface area (Å²) in [6.07, 6.45) is 2.64. The van der Waals surface area contributed by atoms with Crippen LogP contribution in [-0.4, -0.2) is 46.5 Å². The Kier molecular flexibility index (Phi) is 5.47. The molecule has 0 unspecified atom stereocenters. The summed E-state index contributed by atoms with van der Waals surface area (Å²) < 4.78 is 33.0. The summed E-state index contributed by atoms with van der Waals surface area (Å²) in [5.41, 5.74) is -0.186. The smallest absolute Gasteiger partial charge is 0.289 e. The lowest BCUT2D eigenvalue weighted by Gasteiger charge is -2.19. The summed E-state index contributed by atoms with van der Waals surface area (Å²) in [6, 6.07) is 5.14. The highest BCUT2D eigenvalue weighted by atomic mass is 35.5. The van der Waals surface area contributed by atoms with E-state index in [9.17, 15) is 18.4 Å². The van der Waals surface area contributed by atoms with Gasteiger partial charge in [0.1, 0.15) is 24.3 Å². The van der Waals surface area contributed by atoms with E-state index >= 15 is 0 Å². The minimum atomic E-state index is -1.04. The van der Waals surface area contributed by atoms with Crippen molar-refractivity contribution in [1.82, 2.24) is 20.3 Å². The molecule has 0 saturated heterocycles. The molecule has 1 N–H and O–H groups in total. The van der Waals surface area contributed by atoms with E-state index in [2.05, 4.69) is 20.3 Å². The first-order valence-corrected chi connectivity index (χ1v) is 9.37. The first-order valence-electron chi connectivity index (χ1n) is 8.99. The monoisotopic (exact) mass is 445 g/mol. The number of hydrogen-bond acceptors (Lipinski definition) is 6. The van der Waals surface area contributed by atoms with Crippen molar-refractivity contribution in [3.05, 3.63) is 65.2 Å². The summed E-state index contributed by atoms with van der Waals surface area (Å²) >= 11 is 6.05. The zero-order valence-corrected chi connectivity index (χ0v) is 16.7. The Morgan fingerprint density at radius 3 is 2.87 bits per heavy atom. The third kappa shape index (κ3) is 4.02. The van der Waals surface area contributed by atoms with Gasteiger partial charge < -0.3 is 10.1 Å². The van der Waals surface area contributed by atoms with Crippen molar-refractivity contribution in [3.63, 3.8) is 0 Å². The van der Waals surface area contributed by atoms with Gasteiger partial charge in [-0.2, -0.15) is 0 Å². The van der Waals surface area contributed by atoms with Crippen LogP contribution in [0.1, 0.15) is 10.6 Å². The van der Waals surface area contributed by atoms with E-state index in [4.69, 9.17) is 16.3 Å². The molecule has 11 heteroatoms. The molecule has 0 bridgehead atoms. The lowest BCUT2D eigenvalue weighted by molar-refractivity contribution is -0.120. The molecule has 2 amide bonds. The second kappa shape index (κ2) is 8.23. The van der Waals surface area contributed by atoms with Gasteiger partial charge in [0, 0.05) is 24.9 Å². The van der Waals surface area contributed by atoms with Gasteiger partial charge in [-0.15, -0.1) is 0 Å². The second-order valence-electron chi connectivity index (χ2n) is 6.57. The van der Waals surface area contributed by atoms with Crippen LogP contribution in [0.25, 0.3) is 11.3 Å². The predicted molar refractivity (Wildman–Crippen MR) is 107 cm³/mol. The molecule has 4 rings (SSSR count). The molecule has 3 heterocycles. The maximum absolute atomic E-state index is 14.2. The summed E-state index contributed by atoms with van der Waals surface area (Å²) in [7, 11) is 1.51. The number of nitrogens with one attached hydrogen (secondary N) is 1. The van der Waals surface area contributed by atoms with E-state index in [1.54, 1.807) is 12.1 Å². The summed E-state index contributed by atoms with van der Waals surface area (Å²) in [5.74, 6) is -2.55. The summed E-state index contributed by atoms with van der Waals surface area (Å²) in [6.45, 7) is -0.138. The molecule has 0 saturated carbocycles. The molecule has 1 aliphatic rings. The number of nitrogens with zero attached hydrogens (tertiary/aromatic N) is 4. The number of pyridine rings is 1. The van der Waals surface area contributed by atoms with Crippen molar-refractivity contribution in [2.24, 2.45) is 0 Å². The predicted octanol–water partition coefficient (Wildman–Crippen LogP) is 2.62. The average molecular weight is 446 g/mol. The first kappa shape index (κ1) is 20.6. The number of hydrogen-bond donors (Lipinski definition) is 1. The molecule has 31 heavy (non-hydrogen) atoms. The van der Waals surface area contributed by atoms with Crippen molar-refractivity contribution in [2.75, 3.05) is 18.6 Å². The van der Waals surface area contributed by atoms with Crippen molar-refractivity contribution < 1.29 is 23.1 Å². The molecule has 1 atom stereocenters. The fraction of sp³-hybridized carbons (Fsp3) is 0.150. The van der Waals surface area contributed by atoms with E-state index in [0.29, 0.717) is 17.6 Å². The van der Waals surface area contributed by atoms with Crippen molar-refractivity contribution in [1.29, 1.82) is 0 Å². The van der Waals surface area contributed by atoms with E-state index in [-0.39, 0.29) is 28.7 Å². The number of amides is 2. The molecule has 2 aromatic heterocycles. The van der Waals surface area contributed by atoms with Crippen LogP contribution < -0.4 is 15.0 Å². The van der Waals surface area contributed by atoms with Crippen LogP contribution in [0.15, 0.2) is 42.7 Å².